The number of carboxylic acids is 1. The zero-order chi connectivity index (χ0) is 13.2. The lowest BCUT2D eigenvalue weighted by Crippen LogP contribution is -2.37. The third-order valence-corrected chi connectivity index (χ3v) is 3.61. The Morgan fingerprint density at radius 3 is 2.72 bits per heavy atom. The highest BCUT2D eigenvalue weighted by atomic mass is 16.4. The lowest BCUT2D eigenvalue weighted by atomic mass is 9.82. The van der Waals surface area contributed by atoms with Gasteiger partial charge >= 0.3 is 5.97 Å². The average molecular weight is 249 g/mol. The lowest BCUT2D eigenvalue weighted by Gasteiger charge is -2.36. The van der Waals surface area contributed by atoms with E-state index in [9.17, 15) is 4.79 Å². The third kappa shape index (κ3) is 3.04. The highest BCUT2D eigenvalue weighted by molar-refractivity contribution is 5.88. The van der Waals surface area contributed by atoms with Gasteiger partial charge in [0.1, 0.15) is 11.9 Å². The van der Waals surface area contributed by atoms with E-state index < -0.39 is 5.97 Å². The highest BCUT2D eigenvalue weighted by Crippen LogP contribution is 2.30. The summed E-state index contributed by atoms with van der Waals surface area (Å²) < 4.78 is 0. The van der Waals surface area contributed by atoms with Crippen LogP contribution in [-0.2, 0) is 6.54 Å². The van der Waals surface area contributed by atoms with Gasteiger partial charge in [0, 0.05) is 12.7 Å². The molecule has 98 valence electrons. The van der Waals surface area contributed by atoms with Crippen molar-refractivity contribution >= 4 is 5.97 Å². The molecule has 0 spiro atoms. The van der Waals surface area contributed by atoms with Crippen LogP contribution in [0.25, 0.3) is 0 Å². The van der Waals surface area contributed by atoms with E-state index in [0.29, 0.717) is 17.7 Å². The van der Waals surface area contributed by atoms with Crippen LogP contribution in [0.15, 0.2) is 12.5 Å². The van der Waals surface area contributed by atoms with Gasteiger partial charge in [0.25, 0.3) is 0 Å². The molecule has 18 heavy (non-hydrogen) atoms. The van der Waals surface area contributed by atoms with Crippen LogP contribution >= 0.6 is 0 Å². The van der Waals surface area contributed by atoms with Gasteiger partial charge in [-0.15, -0.1) is 0 Å². The van der Waals surface area contributed by atoms with Crippen LogP contribution in [0.5, 0.6) is 0 Å². The molecular weight excluding hydrogens is 230 g/mol. The monoisotopic (exact) mass is 249 g/mol. The zero-order valence-electron chi connectivity index (χ0n) is 10.9. The van der Waals surface area contributed by atoms with Crippen LogP contribution < -0.4 is 0 Å². The number of hydrogen-bond donors (Lipinski definition) is 1. The molecular formula is C13H19N3O2. The summed E-state index contributed by atoms with van der Waals surface area (Å²) >= 11 is 0. The van der Waals surface area contributed by atoms with E-state index in [1.165, 1.54) is 12.5 Å². The Morgan fingerprint density at radius 2 is 2.11 bits per heavy atom. The molecule has 0 radical (unpaired) electrons. The third-order valence-electron chi connectivity index (χ3n) is 3.61. The standard InChI is InChI=1S/C13H19N3O2/c1-13(2)3-5-16(6-4-13)8-11-10(12(17)18)7-14-9-15-11/h7,9H,3-6,8H2,1-2H3,(H,17,18). The molecule has 1 fully saturated rings. The fourth-order valence-electron chi connectivity index (χ4n) is 2.19. The highest BCUT2D eigenvalue weighted by Gasteiger charge is 2.26. The Morgan fingerprint density at radius 1 is 1.44 bits per heavy atom. The maximum absolute atomic E-state index is 11.1. The zero-order valence-corrected chi connectivity index (χ0v) is 10.9. The summed E-state index contributed by atoms with van der Waals surface area (Å²) in [5.41, 5.74) is 1.22. The number of nitrogens with zero attached hydrogens (tertiary/aromatic N) is 3. The molecule has 2 heterocycles. The van der Waals surface area contributed by atoms with Crippen LogP contribution in [-0.4, -0.2) is 39.0 Å². The summed E-state index contributed by atoms with van der Waals surface area (Å²) in [4.78, 5) is 21.2. The van der Waals surface area contributed by atoms with Crippen molar-refractivity contribution in [1.82, 2.24) is 14.9 Å². The van der Waals surface area contributed by atoms with Gasteiger partial charge in [-0.05, 0) is 31.3 Å². The van der Waals surface area contributed by atoms with Gasteiger partial charge in [-0.25, -0.2) is 14.8 Å². The Bertz CT molecular complexity index is 436. The van der Waals surface area contributed by atoms with E-state index in [4.69, 9.17) is 5.11 Å². The van der Waals surface area contributed by atoms with E-state index in [-0.39, 0.29) is 5.56 Å². The van der Waals surface area contributed by atoms with Crippen molar-refractivity contribution < 1.29 is 9.90 Å². The van der Waals surface area contributed by atoms with Crippen molar-refractivity contribution in [1.29, 1.82) is 0 Å². The molecule has 1 aromatic rings. The molecule has 1 N–H and O–H groups in total. The number of carbonyl (C=O) groups is 1. The van der Waals surface area contributed by atoms with Crippen molar-refractivity contribution in [3.63, 3.8) is 0 Å². The first kappa shape index (κ1) is 13.0. The minimum atomic E-state index is -0.956. The quantitative estimate of drug-likeness (QED) is 0.884. The number of piperidine rings is 1. The molecule has 0 aliphatic carbocycles. The number of aromatic carboxylic acids is 1. The number of carboxylic acid groups (broad SMARTS) is 1. The largest absolute Gasteiger partial charge is 0.478 e. The SMILES string of the molecule is CC1(C)CCN(Cc2ncncc2C(=O)O)CC1. The maximum Gasteiger partial charge on any atom is 0.339 e. The summed E-state index contributed by atoms with van der Waals surface area (Å²) in [6, 6.07) is 0. The number of likely N-dealkylation sites (tertiary alicyclic amines) is 1. The molecule has 1 aliphatic heterocycles. The molecule has 5 heteroatoms. The van der Waals surface area contributed by atoms with Crippen LogP contribution in [0, 0.1) is 5.41 Å². The minimum Gasteiger partial charge on any atom is -0.478 e. The number of rotatable bonds is 3. The van der Waals surface area contributed by atoms with Crippen molar-refractivity contribution in [2.24, 2.45) is 5.41 Å². The van der Waals surface area contributed by atoms with Crippen molar-refractivity contribution in [3.05, 3.63) is 23.8 Å². The van der Waals surface area contributed by atoms with E-state index in [0.717, 1.165) is 25.9 Å². The number of aromatic nitrogens is 2. The van der Waals surface area contributed by atoms with Crippen LogP contribution in [0.2, 0.25) is 0 Å². The summed E-state index contributed by atoms with van der Waals surface area (Å²) in [6.45, 7) is 7.14. The van der Waals surface area contributed by atoms with Crippen LogP contribution in [0.4, 0.5) is 0 Å². The Hall–Kier alpha value is -1.49. The fraction of sp³-hybridized carbons (Fsp3) is 0.615. The molecule has 1 aliphatic rings. The van der Waals surface area contributed by atoms with E-state index in [1.54, 1.807) is 0 Å². The summed E-state index contributed by atoms with van der Waals surface area (Å²) in [7, 11) is 0. The van der Waals surface area contributed by atoms with Crippen molar-refractivity contribution in [2.75, 3.05) is 13.1 Å². The first-order chi connectivity index (χ1) is 8.48. The Kier molecular flexibility index (Phi) is 3.61. The molecule has 0 bridgehead atoms. The molecule has 1 aromatic heterocycles. The van der Waals surface area contributed by atoms with E-state index >= 15 is 0 Å². The van der Waals surface area contributed by atoms with Gasteiger partial charge in [0.05, 0.1) is 5.69 Å². The maximum atomic E-state index is 11.1. The van der Waals surface area contributed by atoms with Crippen LogP contribution in [0.3, 0.4) is 0 Å². The molecule has 2 rings (SSSR count). The topological polar surface area (TPSA) is 66.3 Å². The molecule has 0 unspecified atom stereocenters. The molecule has 0 saturated carbocycles. The normalized spacial score (nSPS) is 19.7. The van der Waals surface area contributed by atoms with Gasteiger partial charge < -0.3 is 5.11 Å². The van der Waals surface area contributed by atoms with E-state index in [1.807, 2.05) is 0 Å². The Balaban J connectivity index is 2.04. The number of hydrogen-bond acceptors (Lipinski definition) is 4. The second-order valence-corrected chi connectivity index (χ2v) is 5.63. The molecule has 0 amide bonds. The molecule has 5 nitrogen and oxygen atoms in total. The van der Waals surface area contributed by atoms with Gasteiger partial charge in [-0.3, -0.25) is 4.90 Å². The fourth-order valence-corrected chi connectivity index (χ4v) is 2.19. The predicted octanol–water partition coefficient (Wildman–Crippen LogP) is 1.80. The molecule has 0 aromatic carbocycles. The van der Waals surface area contributed by atoms with Crippen LogP contribution in [0.1, 0.15) is 42.7 Å². The predicted molar refractivity (Wildman–Crippen MR) is 67.3 cm³/mol. The van der Waals surface area contributed by atoms with Crippen molar-refractivity contribution in [2.45, 2.75) is 33.2 Å². The van der Waals surface area contributed by atoms with Gasteiger partial charge in [0.15, 0.2) is 0 Å². The summed E-state index contributed by atoms with van der Waals surface area (Å²) in [5, 5.41) is 9.08. The van der Waals surface area contributed by atoms with Gasteiger partial charge in [-0.1, -0.05) is 13.8 Å². The first-order valence-corrected chi connectivity index (χ1v) is 6.22. The van der Waals surface area contributed by atoms with Crippen molar-refractivity contribution in [3.8, 4) is 0 Å². The smallest absolute Gasteiger partial charge is 0.339 e. The summed E-state index contributed by atoms with van der Waals surface area (Å²) in [6.07, 6.45) is 5.06. The molecule has 0 atom stereocenters. The second-order valence-electron chi connectivity index (χ2n) is 5.63. The Labute approximate surface area is 107 Å². The first-order valence-electron chi connectivity index (χ1n) is 6.22. The average Bonchev–Trinajstić information content (AvgIpc) is 2.32. The second kappa shape index (κ2) is 5.02. The lowest BCUT2D eigenvalue weighted by molar-refractivity contribution is 0.0690. The minimum absolute atomic E-state index is 0.210. The summed E-state index contributed by atoms with van der Waals surface area (Å²) in [5.74, 6) is -0.956. The van der Waals surface area contributed by atoms with Gasteiger partial charge in [-0.2, -0.15) is 0 Å². The molecule has 1 saturated heterocycles. The van der Waals surface area contributed by atoms with E-state index in [2.05, 4.69) is 28.7 Å². The van der Waals surface area contributed by atoms with Gasteiger partial charge in [0.2, 0.25) is 0 Å².